The number of nitrogens with zero attached hydrogens (tertiary/aromatic N) is 3. The number of likely N-dealkylation sites (tertiary alicyclic amines) is 2. The molecule has 0 radical (unpaired) electrons. The van der Waals surface area contributed by atoms with Crippen LogP contribution in [0.2, 0.25) is 0 Å². The largest absolute Gasteiger partial charge is 0.439 e. The predicted octanol–water partition coefficient (Wildman–Crippen LogP) is 5.43. The van der Waals surface area contributed by atoms with Crippen LogP contribution in [0.3, 0.4) is 0 Å². The molecule has 1 aromatic carbocycles. The highest BCUT2D eigenvalue weighted by atomic mass is 19.4. The van der Waals surface area contributed by atoms with Gasteiger partial charge < -0.3 is 14.6 Å². The first kappa shape index (κ1) is 27.6. The van der Waals surface area contributed by atoms with Crippen molar-refractivity contribution < 1.29 is 22.4 Å². The fourth-order valence-electron chi connectivity index (χ4n) is 5.61. The molecule has 204 valence electrons. The zero-order chi connectivity index (χ0) is 26.6. The smallest absolute Gasteiger partial charge is 0.436 e. The Hall–Kier alpha value is -2.39. The van der Waals surface area contributed by atoms with Crippen LogP contribution in [-0.4, -0.2) is 60.0 Å². The van der Waals surface area contributed by atoms with Gasteiger partial charge in [0.05, 0.1) is 6.54 Å². The molecule has 1 N–H and O–H groups in total. The molecule has 0 aliphatic carbocycles. The number of carbonyl (C=O) groups excluding carboxylic acids is 1. The van der Waals surface area contributed by atoms with Crippen LogP contribution in [0.5, 0.6) is 0 Å². The lowest BCUT2D eigenvalue weighted by molar-refractivity contribution is -0.142. The monoisotopic (exact) mass is 520 g/mol. The van der Waals surface area contributed by atoms with E-state index in [0.717, 1.165) is 43.1 Å². The molecule has 1 unspecified atom stereocenters. The van der Waals surface area contributed by atoms with Crippen molar-refractivity contribution in [3.8, 4) is 11.5 Å². The van der Waals surface area contributed by atoms with Crippen molar-refractivity contribution in [3.05, 3.63) is 40.8 Å². The third kappa shape index (κ3) is 7.57. The van der Waals surface area contributed by atoms with Gasteiger partial charge in [-0.25, -0.2) is 4.98 Å². The summed E-state index contributed by atoms with van der Waals surface area (Å²) in [6.07, 6.45) is 0.126. The first-order valence-electron chi connectivity index (χ1n) is 13.5. The third-order valence-corrected chi connectivity index (χ3v) is 7.45. The van der Waals surface area contributed by atoms with Crippen molar-refractivity contribution in [1.29, 1.82) is 0 Å². The number of alkyl halides is 3. The van der Waals surface area contributed by atoms with Crippen molar-refractivity contribution in [2.75, 3.05) is 39.3 Å². The van der Waals surface area contributed by atoms with Crippen LogP contribution in [0.15, 0.2) is 22.6 Å². The molecule has 9 heteroatoms. The van der Waals surface area contributed by atoms with Gasteiger partial charge in [-0.1, -0.05) is 24.1 Å². The standard InChI is InChI=1S/C28H39F3N4O2/c1-19-6-4-10-34(17-19)11-5-9-32-26(36)22-7-12-35(13-8-22)18-24-25(28(29,30)31)33-27(37-24)23-15-20(2)14-21(3)16-23/h14-16,19,22H,4-13,17-18H2,1-3H3,(H,32,36). The molecular weight excluding hydrogens is 481 g/mol. The van der Waals surface area contributed by atoms with Crippen molar-refractivity contribution in [3.63, 3.8) is 0 Å². The minimum absolute atomic E-state index is 0.0117. The van der Waals surface area contributed by atoms with Gasteiger partial charge in [0.25, 0.3) is 0 Å². The van der Waals surface area contributed by atoms with Crippen LogP contribution >= 0.6 is 0 Å². The van der Waals surface area contributed by atoms with E-state index >= 15 is 0 Å². The summed E-state index contributed by atoms with van der Waals surface area (Å²) in [4.78, 5) is 20.9. The number of hydrogen-bond donors (Lipinski definition) is 1. The number of halogens is 3. The van der Waals surface area contributed by atoms with Gasteiger partial charge in [0.1, 0.15) is 0 Å². The number of hydrogen-bond acceptors (Lipinski definition) is 5. The SMILES string of the molecule is Cc1cc(C)cc(-c2nc(C(F)(F)F)c(CN3CCC(C(=O)NCCCN4CCCC(C)C4)CC3)o2)c1. The van der Waals surface area contributed by atoms with Crippen LogP contribution in [0.1, 0.15) is 61.6 Å². The second-order valence-electron chi connectivity index (χ2n) is 10.9. The summed E-state index contributed by atoms with van der Waals surface area (Å²) in [5.74, 6) is 0.517. The lowest BCUT2D eigenvalue weighted by Crippen LogP contribution is -2.41. The van der Waals surface area contributed by atoms with E-state index < -0.39 is 11.9 Å². The Kier molecular flexibility index (Phi) is 8.95. The van der Waals surface area contributed by atoms with E-state index in [2.05, 4.69) is 22.1 Å². The second kappa shape index (κ2) is 12.0. The number of amides is 1. The minimum Gasteiger partial charge on any atom is -0.439 e. The quantitative estimate of drug-likeness (QED) is 0.471. The number of aryl methyl sites for hydroxylation is 2. The molecule has 2 aliphatic rings. The molecule has 0 saturated carbocycles. The van der Waals surface area contributed by atoms with Gasteiger partial charge in [-0.05, 0) is 90.2 Å². The van der Waals surface area contributed by atoms with E-state index in [-0.39, 0.29) is 30.0 Å². The van der Waals surface area contributed by atoms with Gasteiger partial charge in [0, 0.05) is 24.6 Å². The number of oxazole rings is 1. The predicted molar refractivity (Wildman–Crippen MR) is 137 cm³/mol. The first-order chi connectivity index (χ1) is 17.6. The average molecular weight is 521 g/mol. The van der Waals surface area contributed by atoms with E-state index in [1.165, 1.54) is 12.8 Å². The molecule has 0 spiro atoms. The number of nitrogens with one attached hydrogen (secondary N) is 1. The number of piperidine rings is 2. The summed E-state index contributed by atoms with van der Waals surface area (Å²) >= 11 is 0. The fraction of sp³-hybridized carbons (Fsp3) is 0.643. The van der Waals surface area contributed by atoms with E-state index in [1.54, 1.807) is 12.1 Å². The van der Waals surface area contributed by atoms with Crippen LogP contribution in [0.25, 0.3) is 11.5 Å². The average Bonchev–Trinajstić information content (AvgIpc) is 3.26. The lowest BCUT2D eigenvalue weighted by atomic mass is 9.95. The zero-order valence-corrected chi connectivity index (χ0v) is 22.2. The van der Waals surface area contributed by atoms with Crippen LogP contribution in [-0.2, 0) is 17.5 Å². The molecule has 2 aromatic rings. The fourth-order valence-corrected chi connectivity index (χ4v) is 5.61. The molecule has 1 atom stereocenters. The Bertz CT molecular complexity index is 1040. The number of carbonyl (C=O) groups is 1. The van der Waals surface area contributed by atoms with E-state index in [9.17, 15) is 18.0 Å². The van der Waals surface area contributed by atoms with Gasteiger partial charge in [-0.3, -0.25) is 9.69 Å². The summed E-state index contributed by atoms with van der Waals surface area (Å²) in [5, 5.41) is 3.07. The van der Waals surface area contributed by atoms with E-state index in [1.807, 2.05) is 24.8 Å². The lowest BCUT2D eigenvalue weighted by Gasteiger charge is -2.31. The highest BCUT2D eigenvalue weighted by molar-refractivity contribution is 5.78. The number of benzene rings is 1. The van der Waals surface area contributed by atoms with E-state index in [0.29, 0.717) is 38.0 Å². The summed E-state index contributed by atoms with van der Waals surface area (Å²) in [6.45, 7) is 11.1. The highest BCUT2D eigenvalue weighted by Crippen LogP contribution is 2.36. The van der Waals surface area contributed by atoms with Gasteiger partial charge in [-0.15, -0.1) is 0 Å². The molecule has 2 fully saturated rings. The van der Waals surface area contributed by atoms with Gasteiger partial charge in [-0.2, -0.15) is 13.2 Å². The Balaban J connectivity index is 1.28. The van der Waals surface area contributed by atoms with Crippen LogP contribution in [0.4, 0.5) is 13.2 Å². The maximum Gasteiger partial charge on any atom is 0.436 e. The Morgan fingerprint density at radius 2 is 1.78 bits per heavy atom. The molecule has 1 aromatic heterocycles. The van der Waals surface area contributed by atoms with Gasteiger partial charge >= 0.3 is 6.18 Å². The highest BCUT2D eigenvalue weighted by Gasteiger charge is 2.39. The van der Waals surface area contributed by atoms with Crippen molar-refractivity contribution in [2.45, 2.75) is 65.6 Å². The van der Waals surface area contributed by atoms with Gasteiger partial charge in [0.2, 0.25) is 11.8 Å². The minimum atomic E-state index is -4.60. The van der Waals surface area contributed by atoms with Crippen LogP contribution in [0, 0.1) is 25.7 Å². The molecule has 3 heterocycles. The summed E-state index contributed by atoms with van der Waals surface area (Å²) in [6, 6.07) is 5.51. The Morgan fingerprint density at radius 3 is 2.43 bits per heavy atom. The molecule has 37 heavy (non-hydrogen) atoms. The first-order valence-corrected chi connectivity index (χ1v) is 13.5. The number of aromatic nitrogens is 1. The molecule has 0 bridgehead atoms. The summed E-state index contributed by atoms with van der Waals surface area (Å²) < 4.78 is 46.9. The molecule has 2 saturated heterocycles. The van der Waals surface area contributed by atoms with Crippen molar-refractivity contribution in [1.82, 2.24) is 20.1 Å². The zero-order valence-electron chi connectivity index (χ0n) is 22.2. The molecule has 1 amide bonds. The topological polar surface area (TPSA) is 61.6 Å². The molecule has 2 aliphatic heterocycles. The summed E-state index contributed by atoms with van der Waals surface area (Å²) in [5.41, 5.74) is 1.44. The van der Waals surface area contributed by atoms with Crippen molar-refractivity contribution in [2.24, 2.45) is 11.8 Å². The van der Waals surface area contributed by atoms with Crippen molar-refractivity contribution >= 4 is 5.91 Å². The maximum absolute atomic E-state index is 13.7. The van der Waals surface area contributed by atoms with E-state index in [4.69, 9.17) is 4.42 Å². The Morgan fingerprint density at radius 1 is 1.08 bits per heavy atom. The molecule has 4 rings (SSSR count). The third-order valence-electron chi connectivity index (χ3n) is 7.45. The number of rotatable bonds is 8. The summed E-state index contributed by atoms with van der Waals surface area (Å²) in [7, 11) is 0. The molecular formula is C28H39F3N4O2. The van der Waals surface area contributed by atoms with Gasteiger partial charge in [0.15, 0.2) is 11.5 Å². The normalized spacial score (nSPS) is 20.3. The Labute approximate surface area is 217 Å². The maximum atomic E-state index is 13.7. The second-order valence-corrected chi connectivity index (χ2v) is 10.9. The molecule has 6 nitrogen and oxygen atoms in total. The van der Waals surface area contributed by atoms with Crippen LogP contribution < -0.4 is 5.32 Å².